The summed E-state index contributed by atoms with van der Waals surface area (Å²) in [5.74, 6) is -2.13. The minimum atomic E-state index is -3.69. The first-order chi connectivity index (χ1) is 12.8. The van der Waals surface area contributed by atoms with E-state index in [2.05, 4.69) is 10.0 Å². The molecule has 0 aliphatic heterocycles. The lowest BCUT2D eigenvalue weighted by atomic mass is 10.1. The highest BCUT2D eigenvalue weighted by atomic mass is 32.2. The first-order valence-corrected chi connectivity index (χ1v) is 9.84. The number of nitrogens with two attached hydrogens (primary N) is 1. The molecule has 0 radical (unpaired) electrons. The number of carbonyl (C=O) groups is 1. The second kappa shape index (κ2) is 9.54. The van der Waals surface area contributed by atoms with Crippen molar-refractivity contribution in [3.05, 3.63) is 59.7 Å². The van der Waals surface area contributed by atoms with Gasteiger partial charge in [0, 0.05) is 25.2 Å². The van der Waals surface area contributed by atoms with Gasteiger partial charge in [-0.25, -0.2) is 21.9 Å². The molecule has 27 heavy (non-hydrogen) atoms. The number of nitrogens with one attached hydrogen (secondary N) is 2. The van der Waals surface area contributed by atoms with Crippen LogP contribution in [0.3, 0.4) is 0 Å². The van der Waals surface area contributed by atoms with Gasteiger partial charge in [-0.05, 0) is 48.7 Å². The Labute approximate surface area is 156 Å². The summed E-state index contributed by atoms with van der Waals surface area (Å²) in [5.41, 5.74) is 6.24. The number of aryl methyl sites for hydroxylation is 1. The summed E-state index contributed by atoms with van der Waals surface area (Å²) >= 11 is 0. The molecule has 0 bridgehead atoms. The third-order valence-corrected chi connectivity index (χ3v) is 5.18. The Morgan fingerprint density at radius 3 is 2.56 bits per heavy atom. The van der Waals surface area contributed by atoms with Gasteiger partial charge < -0.3 is 11.1 Å². The largest absolute Gasteiger partial charge is 0.329 e. The molecule has 0 aliphatic carbocycles. The van der Waals surface area contributed by atoms with Crippen molar-refractivity contribution in [2.24, 2.45) is 5.73 Å². The lowest BCUT2D eigenvalue weighted by Crippen LogP contribution is -2.29. The molecule has 0 atom stereocenters. The van der Waals surface area contributed by atoms with Gasteiger partial charge in [0.1, 0.15) is 0 Å². The molecule has 0 fully saturated rings. The van der Waals surface area contributed by atoms with E-state index in [1.807, 2.05) is 0 Å². The summed E-state index contributed by atoms with van der Waals surface area (Å²) in [6.07, 6.45) is 1.01. The van der Waals surface area contributed by atoms with Gasteiger partial charge in [-0.1, -0.05) is 12.1 Å². The normalized spacial score (nSPS) is 11.4. The number of hydrogen-bond donors (Lipinski definition) is 3. The third-order valence-electron chi connectivity index (χ3n) is 3.72. The van der Waals surface area contributed by atoms with Gasteiger partial charge in [0.2, 0.25) is 15.9 Å². The summed E-state index contributed by atoms with van der Waals surface area (Å²) < 4.78 is 52.5. The molecule has 1 amide bonds. The fourth-order valence-corrected chi connectivity index (χ4v) is 3.48. The molecule has 2 aromatic carbocycles. The van der Waals surface area contributed by atoms with Crippen molar-refractivity contribution in [3.63, 3.8) is 0 Å². The highest BCUT2D eigenvalue weighted by Crippen LogP contribution is 2.16. The van der Waals surface area contributed by atoms with Crippen LogP contribution in [0.1, 0.15) is 18.4 Å². The quantitative estimate of drug-likeness (QED) is 0.604. The molecular formula is C18H21F2N3O3S. The van der Waals surface area contributed by atoms with E-state index in [9.17, 15) is 22.0 Å². The number of sulfonamides is 1. The molecule has 2 aromatic rings. The van der Waals surface area contributed by atoms with Crippen molar-refractivity contribution in [1.29, 1.82) is 0 Å². The van der Waals surface area contributed by atoms with Crippen LogP contribution in [-0.2, 0) is 21.2 Å². The summed E-state index contributed by atoms with van der Waals surface area (Å²) in [5, 5.41) is 2.63. The van der Waals surface area contributed by atoms with Gasteiger partial charge in [0.05, 0.1) is 4.90 Å². The molecule has 0 unspecified atom stereocenters. The van der Waals surface area contributed by atoms with Gasteiger partial charge in [-0.3, -0.25) is 4.79 Å². The van der Waals surface area contributed by atoms with E-state index in [1.165, 1.54) is 24.3 Å². The fraction of sp³-hybridized carbons (Fsp3) is 0.278. The Hall–Kier alpha value is -2.36. The number of carbonyl (C=O) groups excluding carboxylic acids is 1. The maximum absolute atomic E-state index is 13.1. The Bertz CT molecular complexity index is 904. The zero-order valence-corrected chi connectivity index (χ0v) is 15.4. The lowest BCUT2D eigenvalue weighted by Gasteiger charge is -2.09. The summed E-state index contributed by atoms with van der Waals surface area (Å²) in [7, 11) is -3.69. The van der Waals surface area contributed by atoms with Crippen LogP contribution in [0.5, 0.6) is 0 Å². The van der Waals surface area contributed by atoms with E-state index in [-0.39, 0.29) is 30.3 Å². The van der Waals surface area contributed by atoms with Crippen molar-refractivity contribution in [2.75, 3.05) is 18.4 Å². The fourth-order valence-electron chi connectivity index (χ4n) is 2.39. The van der Waals surface area contributed by atoms with Crippen LogP contribution >= 0.6 is 0 Å². The van der Waals surface area contributed by atoms with Gasteiger partial charge >= 0.3 is 0 Å². The van der Waals surface area contributed by atoms with Crippen molar-refractivity contribution < 1.29 is 22.0 Å². The zero-order chi connectivity index (χ0) is 19.9. The van der Waals surface area contributed by atoms with Crippen LogP contribution in [0.25, 0.3) is 0 Å². The van der Waals surface area contributed by atoms with Gasteiger partial charge in [0.25, 0.3) is 0 Å². The van der Waals surface area contributed by atoms with Crippen LogP contribution in [0.15, 0.2) is 47.4 Å². The minimum Gasteiger partial charge on any atom is -0.329 e. The summed E-state index contributed by atoms with van der Waals surface area (Å²) in [4.78, 5) is 12.1. The smallest absolute Gasteiger partial charge is 0.240 e. The minimum absolute atomic E-state index is 0.0236. The molecule has 6 nitrogen and oxygen atoms in total. The van der Waals surface area contributed by atoms with Crippen LogP contribution in [0, 0.1) is 11.6 Å². The van der Waals surface area contributed by atoms with E-state index in [1.54, 1.807) is 6.07 Å². The Morgan fingerprint density at radius 1 is 1.07 bits per heavy atom. The van der Waals surface area contributed by atoms with Crippen LogP contribution in [0.2, 0.25) is 0 Å². The number of halogens is 2. The molecule has 2 rings (SSSR count). The zero-order valence-electron chi connectivity index (χ0n) is 14.5. The van der Waals surface area contributed by atoms with Crippen molar-refractivity contribution in [3.8, 4) is 0 Å². The average molecular weight is 397 g/mol. The van der Waals surface area contributed by atoms with Crippen molar-refractivity contribution in [1.82, 2.24) is 4.72 Å². The van der Waals surface area contributed by atoms with E-state index >= 15 is 0 Å². The van der Waals surface area contributed by atoms with Crippen LogP contribution in [0.4, 0.5) is 14.5 Å². The van der Waals surface area contributed by atoms with E-state index in [4.69, 9.17) is 5.73 Å². The van der Waals surface area contributed by atoms with E-state index < -0.39 is 21.7 Å². The Kier molecular flexibility index (Phi) is 7.40. The molecule has 4 N–H and O–H groups in total. The molecule has 0 spiro atoms. The highest BCUT2D eigenvalue weighted by Gasteiger charge is 2.14. The molecule has 0 aliphatic rings. The van der Waals surface area contributed by atoms with Gasteiger partial charge in [0.15, 0.2) is 11.6 Å². The maximum atomic E-state index is 13.1. The van der Waals surface area contributed by atoms with Gasteiger partial charge in [-0.2, -0.15) is 0 Å². The molecule has 9 heteroatoms. The van der Waals surface area contributed by atoms with E-state index in [0.717, 1.165) is 12.1 Å². The maximum Gasteiger partial charge on any atom is 0.240 e. The number of benzene rings is 2. The first kappa shape index (κ1) is 20.9. The summed E-state index contributed by atoms with van der Waals surface area (Å²) in [6.45, 7) is 0.288. The predicted molar refractivity (Wildman–Crippen MR) is 98.6 cm³/mol. The Balaban J connectivity index is 1.90. The third kappa shape index (κ3) is 6.38. The predicted octanol–water partition coefficient (Wildman–Crippen LogP) is 2.16. The number of rotatable bonds is 9. The van der Waals surface area contributed by atoms with Crippen LogP contribution in [-0.4, -0.2) is 27.4 Å². The SMILES string of the molecule is NCCNS(=O)(=O)c1cccc(NC(=O)CCCc2ccc(F)c(F)c2)c1. The topological polar surface area (TPSA) is 101 Å². The van der Waals surface area contributed by atoms with Crippen LogP contribution < -0.4 is 15.8 Å². The molecular weight excluding hydrogens is 376 g/mol. The number of anilines is 1. The molecule has 0 saturated heterocycles. The highest BCUT2D eigenvalue weighted by molar-refractivity contribution is 7.89. The number of hydrogen-bond acceptors (Lipinski definition) is 4. The first-order valence-electron chi connectivity index (χ1n) is 8.35. The molecule has 146 valence electrons. The van der Waals surface area contributed by atoms with Crippen molar-refractivity contribution >= 4 is 21.6 Å². The second-order valence-electron chi connectivity index (χ2n) is 5.86. The second-order valence-corrected chi connectivity index (χ2v) is 7.63. The average Bonchev–Trinajstić information content (AvgIpc) is 2.63. The standard InChI is InChI=1S/C18H21F2N3O3S/c19-16-8-7-13(11-17(16)20)3-1-6-18(24)23-14-4-2-5-15(12-14)27(25,26)22-10-9-21/h2,4-5,7-8,11-12,22H,1,3,6,9-10,21H2,(H,23,24). The summed E-state index contributed by atoms with van der Waals surface area (Å²) in [6, 6.07) is 9.50. The molecule has 0 saturated carbocycles. The lowest BCUT2D eigenvalue weighted by molar-refractivity contribution is -0.116. The molecule has 0 aromatic heterocycles. The van der Waals surface area contributed by atoms with Crippen molar-refractivity contribution in [2.45, 2.75) is 24.2 Å². The number of amides is 1. The molecule has 0 heterocycles. The van der Waals surface area contributed by atoms with Gasteiger partial charge in [-0.15, -0.1) is 0 Å². The monoisotopic (exact) mass is 397 g/mol. The van der Waals surface area contributed by atoms with E-state index in [0.29, 0.717) is 24.1 Å². The Morgan fingerprint density at radius 2 is 1.85 bits per heavy atom.